The molecule has 0 aromatic heterocycles. The summed E-state index contributed by atoms with van der Waals surface area (Å²) in [5.74, 6) is -0.426. The van der Waals surface area contributed by atoms with E-state index in [2.05, 4.69) is 115 Å². The molecule has 1 rings (SSSR count). The molecule has 0 aromatic rings. The van der Waals surface area contributed by atoms with E-state index >= 15 is 0 Å². The molecule has 1 heterocycles. The number of esters is 1. The summed E-state index contributed by atoms with van der Waals surface area (Å²) in [7, 11) is -5.08. The lowest BCUT2D eigenvalue weighted by Crippen LogP contribution is -2.60. The minimum absolute atomic E-state index is 0.0117. The monoisotopic (exact) mass is 977 g/mol. The van der Waals surface area contributed by atoms with Crippen LogP contribution in [0.1, 0.15) is 181 Å². The highest BCUT2D eigenvalue weighted by Crippen LogP contribution is 2.26. The molecule has 0 aromatic carbocycles. The molecule has 1 saturated heterocycles. The topological polar surface area (TPSA) is 178 Å². The summed E-state index contributed by atoms with van der Waals surface area (Å²) < 4.78 is 59.2. The fourth-order valence-electron chi connectivity index (χ4n) is 7.31. The van der Waals surface area contributed by atoms with Crippen molar-refractivity contribution in [2.45, 2.75) is 218 Å². The van der Waals surface area contributed by atoms with Gasteiger partial charge in [-0.1, -0.05) is 182 Å². The van der Waals surface area contributed by atoms with Gasteiger partial charge in [0.1, 0.15) is 30.5 Å². The average Bonchev–Trinajstić information content (AvgIpc) is 3.31. The minimum Gasteiger partial charge on any atom is -0.457 e. The Kier molecular flexibility index (Phi) is 41.9. The van der Waals surface area contributed by atoms with E-state index < -0.39 is 59.8 Å². The lowest BCUT2D eigenvalue weighted by Gasteiger charge is -2.41. The van der Waals surface area contributed by atoms with E-state index in [1.807, 2.05) is 0 Å². The van der Waals surface area contributed by atoms with E-state index in [-0.39, 0.29) is 19.6 Å². The third-order valence-corrected chi connectivity index (χ3v) is 11.7. The molecule has 13 heteroatoms. The smallest absolute Gasteiger partial charge is 0.397 e. The van der Waals surface area contributed by atoms with Gasteiger partial charge in [0.05, 0.1) is 19.8 Å². The van der Waals surface area contributed by atoms with Crippen molar-refractivity contribution in [3.8, 4) is 0 Å². The lowest BCUT2D eigenvalue weighted by molar-refractivity contribution is -0.301. The molecular formula is C55H92O12S. The van der Waals surface area contributed by atoms with Crippen molar-refractivity contribution in [3.05, 3.63) is 97.2 Å². The zero-order valence-electron chi connectivity index (χ0n) is 41.9. The second kappa shape index (κ2) is 45.2. The first-order valence-corrected chi connectivity index (χ1v) is 27.4. The maximum Gasteiger partial charge on any atom is 0.397 e. The Morgan fingerprint density at radius 2 is 1.01 bits per heavy atom. The van der Waals surface area contributed by atoms with Crippen molar-refractivity contribution < 1.29 is 56.2 Å². The number of rotatable bonds is 44. The van der Waals surface area contributed by atoms with Gasteiger partial charge < -0.3 is 34.3 Å². The molecular weight excluding hydrogens is 885 g/mol. The largest absolute Gasteiger partial charge is 0.457 e. The Morgan fingerprint density at radius 1 is 0.574 bits per heavy atom. The Morgan fingerprint density at radius 3 is 1.49 bits per heavy atom. The second-order valence-corrected chi connectivity index (χ2v) is 18.4. The third-order valence-electron chi connectivity index (χ3n) is 11.2. The van der Waals surface area contributed by atoms with Gasteiger partial charge in [-0.3, -0.25) is 9.35 Å². The maximum atomic E-state index is 12.9. The van der Waals surface area contributed by atoms with Crippen molar-refractivity contribution in [2.75, 3.05) is 26.4 Å². The molecule has 0 amide bonds. The summed E-state index contributed by atoms with van der Waals surface area (Å²) in [6, 6.07) is 0. The number of carbonyl (C=O) groups excluding carboxylic acids is 1. The van der Waals surface area contributed by atoms with Crippen LogP contribution in [0, 0.1) is 0 Å². The van der Waals surface area contributed by atoms with E-state index in [0.717, 1.165) is 83.5 Å². The molecule has 1 fully saturated rings. The normalized spacial score (nSPS) is 20.1. The highest BCUT2D eigenvalue weighted by molar-refractivity contribution is 7.80. The molecule has 0 radical (unpaired) electrons. The molecule has 6 unspecified atom stereocenters. The van der Waals surface area contributed by atoms with Crippen molar-refractivity contribution in [3.63, 3.8) is 0 Å². The van der Waals surface area contributed by atoms with E-state index in [1.165, 1.54) is 70.6 Å². The van der Waals surface area contributed by atoms with Crippen LogP contribution in [-0.4, -0.2) is 97.5 Å². The van der Waals surface area contributed by atoms with Crippen LogP contribution in [0.25, 0.3) is 0 Å². The zero-order chi connectivity index (χ0) is 49.6. The van der Waals surface area contributed by atoms with Gasteiger partial charge in [-0.2, -0.15) is 8.42 Å². The Labute approximate surface area is 412 Å². The molecule has 0 spiro atoms. The van der Waals surface area contributed by atoms with Crippen LogP contribution >= 0.6 is 0 Å². The highest BCUT2D eigenvalue weighted by Gasteiger charge is 2.48. The van der Waals surface area contributed by atoms with Gasteiger partial charge in [0.15, 0.2) is 6.29 Å². The van der Waals surface area contributed by atoms with E-state index in [0.29, 0.717) is 13.0 Å². The summed E-state index contributed by atoms with van der Waals surface area (Å²) >= 11 is 0. The Balaban J connectivity index is 2.42. The number of hydrogen-bond acceptors (Lipinski definition) is 11. The van der Waals surface area contributed by atoms with E-state index in [1.54, 1.807) is 0 Å². The maximum absolute atomic E-state index is 12.9. The zero-order valence-corrected chi connectivity index (χ0v) is 42.7. The van der Waals surface area contributed by atoms with Gasteiger partial charge in [0, 0.05) is 13.0 Å². The molecule has 0 saturated carbocycles. The molecule has 390 valence electrons. The minimum atomic E-state index is -5.08. The first kappa shape index (κ1) is 63.0. The predicted octanol–water partition coefficient (Wildman–Crippen LogP) is 12.2. The van der Waals surface area contributed by atoms with Crippen molar-refractivity contribution >= 4 is 16.4 Å². The Bertz CT molecular complexity index is 1550. The summed E-state index contributed by atoms with van der Waals surface area (Å²) in [5.41, 5.74) is 0. The number of ether oxygens (including phenoxy) is 4. The van der Waals surface area contributed by atoms with Gasteiger partial charge in [0.2, 0.25) is 0 Å². The summed E-state index contributed by atoms with van der Waals surface area (Å²) in [5, 5.41) is 30.8. The number of carbonyl (C=O) groups is 1. The van der Waals surface area contributed by atoms with Gasteiger partial charge in [0.25, 0.3) is 0 Å². The first-order chi connectivity index (χ1) is 33.1. The fraction of sp³-hybridized carbons (Fsp3) is 0.691. The van der Waals surface area contributed by atoms with Crippen molar-refractivity contribution in [1.82, 2.24) is 0 Å². The van der Waals surface area contributed by atoms with E-state index in [4.69, 9.17) is 18.9 Å². The highest BCUT2D eigenvalue weighted by atomic mass is 32.3. The first-order valence-electron chi connectivity index (χ1n) is 26.0. The molecule has 12 nitrogen and oxygen atoms in total. The Hall–Kier alpha value is -2.98. The van der Waals surface area contributed by atoms with Gasteiger partial charge in [-0.15, -0.1) is 0 Å². The average molecular weight is 977 g/mol. The second-order valence-electron chi connectivity index (χ2n) is 17.4. The van der Waals surface area contributed by atoms with Gasteiger partial charge >= 0.3 is 16.4 Å². The number of unbranched alkanes of at least 4 members (excludes halogenated alkanes) is 15. The van der Waals surface area contributed by atoms with Crippen LogP contribution in [-0.2, 0) is 38.3 Å². The molecule has 0 aliphatic carbocycles. The van der Waals surface area contributed by atoms with Crippen LogP contribution in [0.3, 0.4) is 0 Å². The quantitative estimate of drug-likeness (QED) is 0.0197. The molecule has 1 aliphatic rings. The standard InChI is InChI=1S/C55H92O12S/c1-3-5-7-9-11-13-15-17-19-21-23-25-26-28-30-32-34-36-38-40-42-44-51(57)65-49(48-64-55-53(59)54(67-68(60,61)62)52(58)50(46-56)66-55)47-63-45-43-41-39-37-35-33-31-29-27-24-22-20-18-16-14-12-10-8-6-4-2/h6,8,12,14-15,17-18,20-21,23-24,27,31,33,37,39,49-50,52-56,58-59H,3-5,7,9-11,13,16,19,22,25-26,28-30,32,34-36,38,40-48H2,1-2H3,(H,60,61,62)/b8-6-,14-12-,17-15-,20-18-,23-21-,27-24-,33-31-,39-37-. The van der Waals surface area contributed by atoms with Crippen LogP contribution in [0.4, 0.5) is 0 Å². The molecule has 4 N–H and O–H groups in total. The lowest BCUT2D eigenvalue weighted by atomic mass is 9.99. The number of hydrogen-bond donors (Lipinski definition) is 4. The SMILES string of the molecule is CC/C=C\C/C=C\C/C=C\C/C=C\C/C=C\C/C=C\CCCOCC(COC1OC(CO)C(O)C(OS(=O)(=O)O)C1O)OC(=O)CCCCCCCCCCC/C=C\C/C=C\CCCCCCC. The predicted molar refractivity (Wildman–Crippen MR) is 275 cm³/mol. The number of allylic oxidation sites excluding steroid dienone is 16. The molecule has 0 bridgehead atoms. The summed E-state index contributed by atoms with van der Waals surface area (Å²) in [4.78, 5) is 12.9. The van der Waals surface area contributed by atoms with E-state index in [9.17, 15) is 33.1 Å². The van der Waals surface area contributed by atoms with Gasteiger partial charge in [-0.25, -0.2) is 4.18 Å². The van der Waals surface area contributed by atoms with Crippen molar-refractivity contribution in [1.29, 1.82) is 0 Å². The fourth-order valence-corrected chi connectivity index (χ4v) is 7.82. The summed E-state index contributed by atoms with van der Waals surface area (Å²) in [6.45, 7) is 3.70. The number of aliphatic hydroxyl groups excluding tert-OH is 3. The summed E-state index contributed by atoms with van der Waals surface area (Å²) in [6.07, 6.45) is 53.0. The van der Waals surface area contributed by atoms with Crippen LogP contribution < -0.4 is 0 Å². The molecule has 68 heavy (non-hydrogen) atoms. The van der Waals surface area contributed by atoms with Crippen molar-refractivity contribution in [2.24, 2.45) is 0 Å². The van der Waals surface area contributed by atoms with Gasteiger partial charge in [-0.05, 0) is 89.9 Å². The molecule has 1 aliphatic heterocycles. The number of aliphatic hydroxyl groups is 3. The van der Waals surface area contributed by atoms with Crippen LogP contribution in [0.15, 0.2) is 97.2 Å². The molecule has 6 atom stereocenters. The third kappa shape index (κ3) is 37.9. The van der Waals surface area contributed by atoms with Crippen LogP contribution in [0.5, 0.6) is 0 Å². The van der Waals surface area contributed by atoms with Crippen LogP contribution in [0.2, 0.25) is 0 Å².